The van der Waals surface area contributed by atoms with Crippen molar-refractivity contribution in [2.45, 2.75) is 174 Å². The molecule has 4 aliphatic rings. The summed E-state index contributed by atoms with van der Waals surface area (Å²) in [6.07, 6.45) is 3.27. The predicted octanol–water partition coefficient (Wildman–Crippen LogP) is 7.09. The van der Waals surface area contributed by atoms with E-state index < -0.39 is 59.7 Å². The zero-order valence-corrected chi connectivity index (χ0v) is 41.7. The maximum absolute atomic E-state index is 14.4. The first-order chi connectivity index (χ1) is 32.7. The van der Waals surface area contributed by atoms with Gasteiger partial charge in [0.05, 0.1) is 19.3 Å². The van der Waals surface area contributed by atoms with Crippen molar-refractivity contribution in [2.75, 3.05) is 7.11 Å². The molecular weight excluding hydrogens is 883 g/mol. The molecule has 0 heterocycles. The molecule has 2 aromatic rings. The van der Waals surface area contributed by atoms with Gasteiger partial charge in [-0.2, -0.15) is 0 Å². The number of nitrogens with one attached hydrogen (secondary N) is 3. The Morgan fingerprint density at radius 1 is 0.710 bits per heavy atom. The van der Waals surface area contributed by atoms with Crippen LogP contribution in [0, 0.1) is 46.3 Å². The minimum Gasteiger partial charge on any atom is -0.469 e. The highest BCUT2D eigenvalue weighted by Gasteiger charge is 2.65. The molecular formula is C54H77N3O12. The number of amides is 3. The fourth-order valence-corrected chi connectivity index (χ4v) is 12.6. The van der Waals surface area contributed by atoms with Crippen molar-refractivity contribution in [2.24, 2.45) is 46.3 Å². The Balaban J connectivity index is 1.14. The Morgan fingerprint density at radius 3 is 1.84 bits per heavy atom. The molecule has 2 aromatic carbocycles. The van der Waals surface area contributed by atoms with Crippen LogP contribution in [0.4, 0.5) is 4.79 Å². The van der Waals surface area contributed by atoms with Gasteiger partial charge < -0.3 is 45.1 Å². The third-order valence-electron chi connectivity index (χ3n) is 16.3. The Bertz CT molecular complexity index is 2080. The Morgan fingerprint density at radius 2 is 1.28 bits per heavy atom. The summed E-state index contributed by atoms with van der Waals surface area (Å²) in [5.41, 5.74) is 0.111. The number of fused-ring (bicyclic) bond motifs is 5. The fraction of sp³-hybridized carbons (Fsp3) is 0.667. The molecule has 0 bridgehead atoms. The monoisotopic (exact) mass is 960 g/mol. The van der Waals surface area contributed by atoms with E-state index >= 15 is 0 Å². The number of hydrogen-bond donors (Lipinski definition) is 5. The van der Waals surface area contributed by atoms with Crippen molar-refractivity contribution in [1.82, 2.24) is 16.0 Å². The standard InChI is InChI=1S/C54H77N3O12/c1-33(18-23-45(60)66-7)38-19-20-39-48-40(30-44(59)54(38,39)6)53(5)27-26-37(28-36(53)29-43(48)58)55-49(63)41(21-24-46(61)67-31-34-14-10-8-11-15-34)56-50(64)42(57-51(65)69-52(2,3)4)22-25-47(62)68-32-35-16-12-9-13-17-35/h8-17,33,36-44,48,58-59H,18-32H2,1-7H3,(H,55,63)(H,56,64)(H,57,65)/t33-,36+,37?,38-,39+,40+,41+,42+,43-,44+,48+,53+,54-/m1/s1. The van der Waals surface area contributed by atoms with Gasteiger partial charge in [0.25, 0.3) is 0 Å². The van der Waals surface area contributed by atoms with Gasteiger partial charge in [-0.25, -0.2) is 4.79 Å². The van der Waals surface area contributed by atoms with Crippen molar-refractivity contribution in [3.05, 3.63) is 71.8 Å². The first kappa shape index (κ1) is 53.3. The zero-order chi connectivity index (χ0) is 50.1. The van der Waals surface area contributed by atoms with E-state index in [0.717, 1.165) is 30.4 Å². The highest BCUT2D eigenvalue weighted by atomic mass is 16.6. The van der Waals surface area contributed by atoms with Crippen LogP contribution in [0.3, 0.4) is 0 Å². The fourth-order valence-electron chi connectivity index (χ4n) is 12.6. The number of carbonyl (C=O) groups is 6. The van der Waals surface area contributed by atoms with Crippen LogP contribution in [0.25, 0.3) is 0 Å². The minimum absolute atomic E-state index is 0.0257. The summed E-state index contributed by atoms with van der Waals surface area (Å²) < 4.78 is 21.3. The molecule has 15 heteroatoms. The lowest BCUT2D eigenvalue weighted by molar-refractivity contribution is -0.202. The number of ether oxygens (including phenoxy) is 4. The highest BCUT2D eigenvalue weighted by molar-refractivity contribution is 5.92. The van der Waals surface area contributed by atoms with Gasteiger partial charge in [0.2, 0.25) is 11.8 Å². The molecule has 380 valence electrons. The van der Waals surface area contributed by atoms with Gasteiger partial charge >= 0.3 is 24.0 Å². The lowest BCUT2D eigenvalue weighted by Gasteiger charge is -2.63. The second-order valence-corrected chi connectivity index (χ2v) is 21.8. The number of aliphatic hydroxyl groups is 2. The molecule has 4 fully saturated rings. The number of rotatable bonds is 19. The number of alkyl carbamates (subject to hydrolysis) is 1. The van der Waals surface area contributed by atoms with Crippen molar-refractivity contribution < 1.29 is 57.9 Å². The second-order valence-electron chi connectivity index (χ2n) is 21.8. The molecule has 5 N–H and O–H groups in total. The number of esters is 3. The number of hydrogen-bond acceptors (Lipinski definition) is 12. The summed E-state index contributed by atoms with van der Waals surface area (Å²) in [6.45, 7) is 11.8. The predicted molar refractivity (Wildman–Crippen MR) is 256 cm³/mol. The largest absolute Gasteiger partial charge is 0.469 e. The van der Waals surface area contributed by atoms with E-state index in [1.807, 2.05) is 60.7 Å². The van der Waals surface area contributed by atoms with Crippen LogP contribution < -0.4 is 16.0 Å². The lowest BCUT2D eigenvalue weighted by Crippen LogP contribution is -2.63. The SMILES string of the molecule is COC(=O)CC[C@@H](C)[C@H]1CC[C@H]2[C@@H]3[C@H](O)C[C@@H]4CC(NC(=O)[C@H](CCC(=O)OCc5ccccc5)NC(=O)[C@H](CCC(=O)OCc5ccccc5)NC(=O)OC(C)(C)C)CC[C@]4(C)[C@H]3C[C@H](O)[C@]12C. The van der Waals surface area contributed by atoms with Crippen LogP contribution in [-0.2, 0) is 56.1 Å². The number of aliphatic hydroxyl groups excluding tert-OH is 2. The molecule has 13 atom stereocenters. The van der Waals surface area contributed by atoms with Crippen LogP contribution in [-0.4, -0.2) is 89.1 Å². The van der Waals surface area contributed by atoms with Crippen LogP contribution in [0.15, 0.2) is 60.7 Å². The van der Waals surface area contributed by atoms with E-state index in [9.17, 15) is 39.0 Å². The van der Waals surface area contributed by atoms with Crippen molar-refractivity contribution in [3.8, 4) is 0 Å². The second kappa shape index (κ2) is 23.3. The van der Waals surface area contributed by atoms with Gasteiger partial charge in [-0.1, -0.05) is 81.4 Å². The highest BCUT2D eigenvalue weighted by Crippen LogP contribution is 2.68. The smallest absolute Gasteiger partial charge is 0.408 e. The topological polar surface area (TPSA) is 216 Å². The number of methoxy groups -OCH3 is 1. The molecule has 6 rings (SSSR count). The Hall–Kier alpha value is -5.02. The molecule has 0 aliphatic heterocycles. The van der Waals surface area contributed by atoms with Crippen molar-refractivity contribution >= 4 is 35.8 Å². The first-order valence-corrected chi connectivity index (χ1v) is 25.1. The van der Waals surface area contributed by atoms with Crippen LogP contribution in [0.1, 0.15) is 136 Å². The molecule has 1 unspecified atom stereocenters. The molecule has 0 aromatic heterocycles. The quantitative estimate of drug-likeness (QED) is 0.0705. The van der Waals surface area contributed by atoms with Gasteiger partial charge in [-0.3, -0.25) is 24.0 Å². The normalized spacial score (nSPS) is 29.6. The first-order valence-electron chi connectivity index (χ1n) is 25.1. The average molecular weight is 960 g/mol. The summed E-state index contributed by atoms with van der Waals surface area (Å²) in [5, 5.41) is 32.7. The van der Waals surface area contributed by atoms with Gasteiger partial charge in [-0.05, 0) is 142 Å². The third-order valence-corrected chi connectivity index (χ3v) is 16.3. The minimum atomic E-state index is -1.30. The average Bonchev–Trinajstić information content (AvgIpc) is 3.68. The van der Waals surface area contributed by atoms with E-state index in [2.05, 4.69) is 36.7 Å². The van der Waals surface area contributed by atoms with Crippen LogP contribution in [0.2, 0.25) is 0 Å². The molecule has 3 amide bonds. The Labute approximate surface area is 407 Å². The summed E-state index contributed by atoms with van der Waals surface area (Å²) in [6, 6.07) is 15.5. The van der Waals surface area contributed by atoms with Gasteiger partial charge in [0.1, 0.15) is 30.9 Å². The van der Waals surface area contributed by atoms with Crippen molar-refractivity contribution in [3.63, 3.8) is 0 Å². The van der Waals surface area contributed by atoms with Gasteiger partial charge in [0.15, 0.2) is 0 Å². The molecule has 4 saturated carbocycles. The van der Waals surface area contributed by atoms with E-state index in [1.165, 1.54) is 7.11 Å². The van der Waals surface area contributed by atoms with E-state index in [-0.39, 0.29) is 97.2 Å². The third kappa shape index (κ3) is 13.4. The van der Waals surface area contributed by atoms with Crippen molar-refractivity contribution in [1.29, 1.82) is 0 Å². The van der Waals surface area contributed by atoms with Gasteiger partial charge in [0, 0.05) is 25.3 Å². The molecule has 4 aliphatic carbocycles. The molecule has 69 heavy (non-hydrogen) atoms. The summed E-state index contributed by atoms with van der Waals surface area (Å²) in [4.78, 5) is 79.6. The van der Waals surface area contributed by atoms with Crippen LogP contribution in [0.5, 0.6) is 0 Å². The molecule has 0 saturated heterocycles. The van der Waals surface area contributed by atoms with Gasteiger partial charge in [-0.15, -0.1) is 0 Å². The van der Waals surface area contributed by atoms with E-state index in [4.69, 9.17) is 18.9 Å². The lowest BCUT2D eigenvalue weighted by atomic mass is 9.43. The van der Waals surface area contributed by atoms with E-state index in [1.54, 1.807) is 20.8 Å². The maximum Gasteiger partial charge on any atom is 0.408 e. The molecule has 15 nitrogen and oxygen atoms in total. The number of benzene rings is 2. The molecule has 0 spiro atoms. The van der Waals surface area contributed by atoms with Crippen LogP contribution >= 0.6 is 0 Å². The summed E-state index contributed by atoms with van der Waals surface area (Å²) in [5.74, 6) is -1.92. The number of carbonyl (C=O) groups excluding carboxylic acids is 6. The maximum atomic E-state index is 14.4. The summed E-state index contributed by atoms with van der Waals surface area (Å²) >= 11 is 0. The molecule has 0 radical (unpaired) electrons. The zero-order valence-electron chi connectivity index (χ0n) is 41.7. The van der Waals surface area contributed by atoms with E-state index in [0.29, 0.717) is 38.5 Å². The summed E-state index contributed by atoms with van der Waals surface area (Å²) in [7, 11) is 1.40. The Kier molecular flexibility index (Phi) is 18.0.